The minimum atomic E-state index is -0.801. The van der Waals surface area contributed by atoms with Crippen LogP contribution in [0.3, 0.4) is 0 Å². The largest absolute Gasteiger partial charge is 0.325 e. The van der Waals surface area contributed by atoms with Gasteiger partial charge in [-0.05, 0) is 44.5 Å². The molecule has 2 fully saturated rings. The maximum absolute atomic E-state index is 13.1. The van der Waals surface area contributed by atoms with Crippen LogP contribution in [0.1, 0.15) is 25.8 Å². The lowest BCUT2D eigenvalue weighted by molar-refractivity contribution is -0.130. The third-order valence-electron chi connectivity index (χ3n) is 5.17. The molecule has 0 radical (unpaired) electrons. The third kappa shape index (κ3) is 4.78. The third-order valence-corrected chi connectivity index (χ3v) is 5.53. The molecule has 8 heteroatoms. The van der Waals surface area contributed by atoms with E-state index in [4.69, 9.17) is 11.6 Å². The van der Waals surface area contributed by atoms with E-state index in [0.717, 1.165) is 44.7 Å². The van der Waals surface area contributed by atoms with Crippen molar-refractivity contribution in [1.29, 1.82) is 0 Å². The van der Waals surface area contributed by atoms with Crippen LogP contribution in [0.4, 0.5) is 9.18 Å². The molecule has 0 aliphatic carbocycles. The smallest absolute Gasteiger partial charge is 0.324 e. The van der Waals surface area contributed by atoms with Crippen molar-refractivity contribution >= 4 is 23.5 Å². The number of carbonyl (C=O) groups is 2. The van der Waals surface area contributed by atoms with Crippen LogP contribution in [-0.4, -0.2) is 71.4 Å². The molecule has 1 N–H and O–H groups in total. The summed E-state index contributed by atoms with van der Waals surface area (Å²) >= 11 is 6.11. The number of nitrogens with zero attached hydrogens (tertiary/aromatic N) is 3. The SMILES string of the molecule is CC1(C)NC(=O)N(CCCN2CCN(Cc3ccc(F)cc3Cl)CC2)C1=O. The topological polar surface area (TPSA) is 55.9 Å². The van der Waals surface area contributed by atoms with Gasteiger partial charge in [-0.25, -0.2) is 9.18 Å². The minimum Gasteiger partial charge on any atom is -0.324 e. The summed E-state index contributed by atoms with van der Waals surface area (Å²) < 4.78 is 13.1. The van der Waals surface area contributed by atoms with Gasteiger partial charge >= 0.3 is 6.03 Å². The molecule has 1 aromatic carbocycles. The molecule has 0 saturated carbocycles. The van der Waals surface area contributed by atoms with Gasteiger partial charge in [-0.2, -0.15) is 0 Å². The normalized spacial score (nSPS) is 21.0. The maximum Gasteiger partial charge on any atom is 0.325 e. The van der Waals surface area contributed by atoms with Crippen LogP contribution in [0.15, 0.2) is 18.2 Å². The lowest BCUT2D eigenvalue weighted by Crippen LogP contribution is -2.46. The van der Waals surface area contributed by atoms with E-state index in [1.807, 2.05) is 0 Å². The molecule has 1 aromatic rings. The van der Waals surface area contributed by atoms with E-state index < -0.39 is 5.54 Å². The summed E-state index contributed by atoms with van der Waals surface area (Å²) in [4.78, 5) is 30.0. The molecule has 0 aromatic heterocycles. The standard InChI is InChI=1S/C19H26ClFN4O2/c1-19(2)17(26)25(18(27)22-19)7-3-6-23-8-10-24(11-9-23)13-14-4-5-15(21)12-16(14)20/h4-5,12H,3,6-11,13H2,1-2H3,(H,22,27). The van der Waals surface area contributed by atoms with Crippen molar-refractivity contribution in [1.82, 2.24) is 20.0 Å². The van der Waals surface area contributed by atoms with Crippen LogP contribution < -0.4 is 5.32 Å². The van der Waals surface area contributed by atoms with Crippen LogP contribution in [0.2, 0.25) is 5.02 Å². The number of carbonyl (C=O) groups excluding carboxylic acids is 2. The predicted octanol–water partition coefficient (Wildman–Crippen LogP) is 2.32. The van der Waals surface area contributed by atoms with Crippen molar-refractivity contribution in [3.8, 4) is 0 Å². The highest BCUT2D eigenvalue weighted by Gasteiger charge is 2.43. The zero-order valence-corrected chi connectivity index (χ0v) is 16.6. The van der Waals surface area contributed by atoms with Gasteiger partial charge in [0.15, 0.2) is 0 Å². The molecule has 2 aliphatic rings. The van der Waals surface area contributed by atoms with Crippen LogP contribution in [0, 0.1) is 5.82 Å². The summed E-state index contributed by atoms with van der Waals surface area (Å²) in [5.41, 5.74) is 0.136. The fourth-order valence-corrected chi connectivity index (χ4v) is 3.76. The van der Waals surface area contributed by atoms with Gasteiger partial charge in [0.1, 0.15) is 11.4 Å². The van der Waals surface area contributed by atoms with E-state index in [-0.39, 0.29) is 17.8 Å². The Labute approximate surface area is 164 Å². The highest BCUT2D eigenvalue weighted by molar-refractivity contribution is 6.31. The van der Waals surface area contributed by atoms with Crippen molar-refractivity contribution in [3.63, 3.8) is 0 Å². The first kappa shape index (κ1) is 20.0. The van der Waals surface area contributed by atoms with Crippen molar-refractivity contribution in [3.05, 3.63) is 34.6 Å². The molecular formula is C19H26ClFN4O2. The van der Waals surface area contributed by atoms with Gasteiger partial charge in [-0.1, -0.05) is 17.7 Å². The Morgan fingerprint density at radius 3 is 2.37 bits per heavy atom. The van der Waals surface area contributed by atoms with Crippen molar-refractivity contribution in [2.24, 2.45) is 0 Å². The number of amides is 3. The Balaban J connectivity index is 1.40. The van der Waals surface area contributed by atoms with E-state index >= 15 is 0 Å². The molecule has 27 heavy (non-hydrogen) atoms. The summed E-state index contributed by atoms with van der Waals surface area (Å²) in [5, 5.41) is 3.17. The van der Waals surface area contributed by atoms with E-state index in [2.05, 4.69) is 15.1 Å². The fraction of sp³-hybridized carbons (Fsp3) is 0.579. The number of hydrogen-bond donors (Lipinski definition) is 1. The summed E-state index contributed by atoms with van der Waals surface area (Å²) in [6.45, 7) is 9.11. The van der Waals surface area contributed by atoms with Gasteiger partial charge in [0.2, 0.25) is 0 Å². The fourth-order valence-electron chi connectivity index (χ4n) is 3.54. The summed E-state index contributed by atoms with van der Waals surface area (Å²) in [7, 11) is 0. The monoisotopic (exact) mass is 396 g/mol. The molecule has 2 aliphatic heterocycles. The molecule has 0 unspecified atom stereocenters. The van der Waals surface area contributed by atoms with Crippen molar-refractivity contribution in [2.45, 2.75) is 32.4 Å². The maximum atomic E-state index is 13.1. The number of rotatable bonds is 6. The Hall–Kier alpha value is -1.70. The number of urea groups is 1. The number of halogens is 2. The zero-order chi connectivity index (χ0) is 19.6. The Morgan fingerprint density at radius 2 is 1.78 bits per heavy atom. The average molecular weight is 397 g/mol. The summed E-state index contributed by atoms with van der Waals surface area (Å²) in [5.74, 6) is -0.476. The van der Waals surface area contributed by atoms with Crippen LogP contribution >= 0.6 is 11.6 Å². The number of hydrogen-bond acceptors (Lipinski definition) is 4. The van der Waals surface area contributed by atoms with Crippen LogP contribution in [-0.2, 0) is 11.3 Å². The second-order valence-electron chi connectivity index (χ2n) is 7.72. The van der Waals surface area contributed by atoms with Gasteiger partial charge in [-0.3, -0.25) is 14.6 Å². The number of imide groups is 1. The molecule has 0 atom stereocenters. The van der Waals surface area contributed by atoms with Gasteiger partial charge in [0.05, 0.1) is 0 Å². The van der Waals surface area contributed by atoms with Crippen LogP contribution in [0.25, 0.3) is 0 Å². The second-order valence-corrected chi connectivity index (χ2v) is 8.13. The highest BCUT2D eigenvalue weighted by Crippen LogP contribution is 2.20. The lowest BCUT2D eigenvalue weighted by atomic mass is 10.1. The predicted molar refractivity (Wildman–Crippen MR) is 102 cm³/mol. The second kappa shape index (κ2) is 8.12. The minimum absolute atomic E-state index is 0.159. The number of benzene rings is 1. The van der Waals surface area contributed by atoms with Gasteiger partial charge in [-0.15, -0.1) is 0 Å². The van der Waals surface area contributed by atoms with Gasteiger partial charge in [0, 0.05) is 44.3 Å². The molecule has 3 rings (SSSR count). The Kier molecular flexibility index (Phi) is 6.03. The average Bonchev–Trinajstić information content (AvgIpc) is 2.80. The first-order valence-electron chi connectivity index (χ1n) is 9.29. The van der Waals surface area contributed by atoms with E-state index in [9.17, 15) is 14.0 Å². The van der Waals surface area contributed by atoms with E-state index in [1.165, 1.54) is 17.0 Å². The van der Waals surface area contributed by atoms with E-state index in [0.29, 0.717) is 18.1 Å². The number of piperazine rings is 1. The molecule has 148 valence electrons. The molecule has 0 bridgehead atoms. The zero-order valence-electron chi connectivity index (χ0n) is 15.8. The van der Waals surface area contributed by atoms with Crippen LogP contribution in [0.5, 0.6) is 0 Å². The van der Waals surface area contributed by atoms with Crippen molar-refractivity contribution in [2.75, 3.05) is 39.3 Å². The molecule has 0 spiro atoms. The Morgan fingerprint density at radius 1 is 1.11 bits per heavy atom. The number of nitrogens with one attached hydrogen (secondary N) is 1. The summed E-state index contributed by atoms with van der Waals surface area (Å²) in [6.07, 6.45) is 0.763. The highest BCUT2D eigenvalue weighted by atomic mass is 35.5. The Bertz CT molecular complexity index is 720. The first-order chi connectivity index (χ1) is 12.8. The lowest BCUT2D eigenvalue weighted by Gasteiger charge is -2.35. The first-order valence-corrected chi connectivity index (χ1v) is 9.67. The quantitative estimate of drug-likeness (QED) is 0.750. The van der Waals surface area contributed by atoms with E-state index in [1.54, 1.807) is 19.9 Å². The molecule has 3 amide bonds. The molecule has 2 heterocycles. The molecule has 2 saturated heterocycles. The summed E-state index contributed by atoms with van der Waals surface area (Å²) in [6, 6.07) is 4.23. The van der Waals surface area contributed by atoms with Gasteiger partial charge in [0.25, 0.3) is 5.91 Å². The van der Waals surface area contributed by atoms with Gasteiger partial charge < -0.3 is 10.2 Å². The van der Waals surface area contributed by atoms with Crippen molar-refractivity contribution < 1.29 is 14.0 Å². The molecule has 6 nitrogen and oxygen atoms in total. The molecular weight excluding hydrogens is 371 g/mol.